The van der Waals surface area contributed by atoms with E-state index in [2.05, 4.69) is 61.5 Å². The van der Waals surface area contributed by atoms with Crippen molar-refractivity contribution in [2.75, 3.05) is 11.9 Å². The zero-order valence-electron chi connectivity index (χ0n) is 20.3. The summed E-state index contributed by atoms with van der Waals surface area (Å²) in [5.41, 5.74) is 7.07. The largest absolute Gasteiger partial charge is 0.372 e. The van der Waals surface area contributed by atoms with Crippen LogP contribution < -0.4 is 10.3 Å². The lowest BCUT2D eigenvalue weighted by atomic mass is 9.85. The SMILES string of the molecule is CC1=CC(C)(C)N(C)c2cc(C)c(/C=N\NC(=O)C(O)(c3ccccc3)c3ccccc3)cc21. The van der Waals surface area contributed by atoms with E-state index in [0.717, 1.165) is 16.7 Å². The van der Waals surface area contributed by atoms with Crippen LogP contribution in [0.1, 0.15) is 48.6 Å². The molecule has 0 spiro atoms. The van der Waals surface area contributed by atoms with Gasteiger partial charge in [-0.05, 0) is 67.7 Å². The molecule has 0 aliphatic carbocycles. The van der Waals surface area contributed by atoms with Crippen LogP contribution in [0, 0.1) is 6.92 Å². The molecular weight excluding hydrogens is 422 g/mol. The fraction of sp³-hybridized carbons (Fsp3) is 0.241. The van der Waals surface area contributed by atoms with E-state index in [1.165, 1.54) is 11.3 Å². The van der Waals surface area contributed by atoms with Gasteiger partial charge in [0, 0.05) is 18.3 Å². The molecule has 2 N–H and O–H groups in total. The molecule has 1 aliphatic rings. The molecule has 0 aromatic heterocycles. The average molecular weight is 454 g/mol. The molecule has 1 heterocycles. The molecule has 0 fully saturated rings. The van der Waals surface area contributed by atoms with Gasteiger partial charge in [0.15, 0.2) is 5.60 Å². The summed E-state index contributed by atoms with van der Waals surface area (Å²) in [5, 5.41) is 15.8. The topological polar surface area (TPSA) is 64.9 Å². The monoisotopic (exact) mass is 453 g/mol. The van der Waals surface area contributed by atoms with Crippen LogP contribution in [-0.2, 0) is 10.4 Å². The third-order valence-corrected chi connectivity index (χ3v) is 6.69. The maximum absolute atomic E-state index is 13.2. The van der Waals surface area contributed by atoms with E-state index in [1.54, 1.807) is 54.7 Å². The van der Waals surface area contributed by atoms with Gasteiger partial charge in [-0.3, -0.25) is 4.79 Å². The van der Waals surface area contributed by atoms with E-state index in [4.69, 9.17) is 0 Å². The van der Waals surface area contributed by atoms with Crippen molar-refractivity contribution in [2.45, 2.75) is 38.8 Å². The van der Waals surface area contributed by atoms with Crippen molar-refractivity contribution in [3.05, 3.63) is 107 Å². The van der Waals surface area contributed by atoms with Gasteiger partial charge in [0.1, 0.15) is 0 Å². The first-order chi connectivity index (χ1) is 16.1. The molecule has 0 unspecified atom stereocenters. The van der Waals surface area contributed by atoms with Gasteiger partial charge in [-0.25, -0.2) is 5.43 Å². The Hall–Kier alpha value is -3.70. The van der Waals surface area contributed by atoms with Gasteiger partial charge in [0.05, 0.1) is 11.8 Å². The second kappa shape index (κ2) is 8.92. The Balaban J connectivity index is 1.63. The minimum atomic E-state index is -1.86. The Morgan fingerprint density at radius 2 is 1.56 bits per heavy atom. The molecule has 1 amide bonds. The Kier molecular flexibility index (Phi) is 6.15. The van der Waals surface area contributed by atoms with Gasteiger partial charge in [-0.15, -0.1) is 0 Å². The molecule has 5 heteroatoms. The van der Waals surface area contributed by atoms with Gasteiger partial charge in [0.25, 0.3) is 5.91 Å². The van der Waals surface area contributed by atoms with Crippen LogP contribution in [0.2, 0.25) is 0 Å². The Bertz CT molecular complexity index is 1220. The van der Waals surface area contributed by atoms with Gasteiger partial charge < -0.3 is 10.0 Å². The summed E-state index contributed by atoms with van der Waals surface area (Å²) in [5.74, 6) is -0.616. The van der Waals surface area contributed by atoms with Gasteiger partial charge in [-0.1, -0.05) is 66.7 Å². The minimum Gasteiger partial charge on any atom is -0.372 e. The number of benzene rings is 3. The number of anilines is 1. The molecule has 0 bridgehead atoms. The fourth-order valence-electron chi connectivity index (χ4n) is 4.49. The number of nitrogens with zero attached hydrogens (tertiary/aromatic N) is 2. The summed E-state index contributed by atoms with van der Waals surface area (Å²) < 4.78 is 0. The third kappa shape index (κ3) is 4.15. The van der Waals surface area contributed by atoms with Crippen molar-refractivity contribution in [1.29, 1.82) is 0 Å². The van der Waals surface area contributed by atoms with Crippen molar-refractivity contribution >= 4 is 23.4 Å². The molecule has 34 heavy (non-hydrogen) atoms. The quantitative estimate of drug-likeness (QED) is 0.421. The lowest BCUT2D eigenvalue weighted by Crippen LogP contribution is -2.43. The number of rotatable bonds is 5. The highest BCUT2D eigenvalue weighted by Gasteiger charge is 2.40. The number of hydrogen-bond donors (Lipinski definition) is 2. The molecule has 174 valence electrons. The number of carbonyl (C=O) groups is 1. The number of nitrogens with one attached hydrogen (secondary N) is 1. The summed E-state index contributed by atoms with van der Waals surface area (Å²) in [6.07, 6.45) is 3.89. The first-order valence-corrected chi connectivity index (χ1v) is 11.4. The normalized spacial score (nSPS) is 15.1. The van der Waals surface area contributed by atoms with Crippen LogP contribution in [0.4, 0.5) is 5.69 Å². The number of hydrogen-bond acceptors (Lipinski definition) is 4. The number of aryl methyl sites for hydroxylation is 1. The molecule has 5 nitrogen and oxygen atoms in total. The van der Waals surface area contributed by atoms with Crippen LogP contribution >= 0.6 is 0 Å². The third-order valence-electron chi connectivity index (χ3n) is 6.69. The van der Waals surface area contributed by atoms with Gasteiger partial charge in [0.2, 0.25) is 0 Å². The summed E-state index contributed by atoms with van der Waals surface area (Å²) in [6.45, 7) is 8.54. The highest BCUT2D eigenvalue weighted by atomic mass is 16.3. The molecule has 0 saturated heterocycles. The smallest absolute Gasteiger partial charge is 0.281 e. The number of allylic oxidation sites excluding steroid dienone is 1. The summed E-state index contributed by atoms with van der Waals surface area (Å²) >= 11 is 0. The van der Waals surface area contributed by atoms with Crippen molar-refractivity contribution < 1.29 is 9.90 Å². The lowest BCUT2D eigenvalue weighted by Gasteiger charge is -2.41. The Morgan fingerprint density at radius 1 is 1.00 bits per heavy atom. The van der Waals surface area contributed by atoms with E-state index in [9.17, 15) is 9.90 Å². The van der Waals surface area contributed by atoms with Crippen molar-refractivity contribution in [1.82, 2.24) is 5.43 Å². The maximum atomic E-state index is 13.2. The van der Waals surface area contributed by atoms with Crippen LogP contribution in [0.3, 0.4) is 0 Å². The fourth-order valence-corrected chi connectivity index (χ4v) is 4.49. The number of aliphatic hydroxyl groups is 1. The molecule has 0 atom stereocenters. The molecule has 4 rings (SSSR count). The first-order valence-electron chi connectivity index (χ1n) is 11.4. The number of amides is 1. The van der Waals surface area contributed by atoms with Crippen LogP contribution in [0.25, 0.3) is 5.57 Å². The number of carbonyl (C=O) groups excluding carboxylic acids is 1. The second-order valence-electron chi connectivity index (χ2n) is 9.41. The lowest BCUT2D eigenvalue weighted by molar-refractivity contribution is -0.136. The van der Waals surface area contributed by atoms with Crippen molar-refractivity contribution in [2.24, 2.45) is 5.10 Å². The zero-order valence-corrected chi connectivity index (χ0v) is 20.3. The zero-order chi connectivity index (χ0) is 24.5. The predicted molar refractivity (Wildman–Crippen MR) is 139 cm³/mol. The minimum absolute atomic E-state index is 0.0631. The first kappa shape index (κ1) is 23.5. The summed E-state index contributed by atoms with van der Waals surface area (Å²) in [4.78, 5) is 15.5. The summed E-state index contributed by atoms with van der Waals surface area (Å²) in [7, 11) is 2.10. The predicted octanol–water partition coefficient (Wildman–Crippen LogP) is 5.01. The van der Waals surface area contributed by atoms with E-state index >= 15 is 0 Å². The molecule has 0 saturated carbocycles. The van der Waals surface area contributed by atoms with Gasteiger partial charge in [-0.2, -0.15) is 5.10 Å². The van der Waals surface area contributed by atoms with E-state index in [0.29, 0.717) is 11.1 Å². The standard InChI is InChI=1S/C29H31N3O2/c1-20-16-26-25(21(2)18-28(3,4)32(26)5)17-22(20)19-30-31-27(33)29(34,23-12-8-6-9-13-23)24-14-10-7-11-15-24/h6-19,34H,1-5H3,(H,31,33)/b30-19-. The number of fused-ring (bicyclic) bond motifs is 1. The molecule has 3 aromatic rings. The Labute approximate surface area is 201 Å². The molecular formula is C29H31N3O2. The highest BCUT2D eigenvalue weighted by molar-refractivity contribution is 5.92. The van der Waals surface area contributed by atoms with E-state index < -0.39 is 11.5 Å². The van der Waals surface area contributed by atoms with E-state index in [1.807, 2.05) is 19.1 Å². The Morgan fingerprint density at radius 3 is 2.12 bits per heavy atom. The summed E-state index contributed by atoms with van der Waals surface area (Å²) in [6, 6.07) is 22.1. The van der Waals surface area contributed by atoms with Crippen LogP contribution in [0.5, 0.6) is 0 Å². The number of hydrazone groups is 1. The van der Waals surface area contributed by atoms with E-state index in [-0.39, 0.29) is 5.54 Å². The van der Waals surface area contributed by atoms with Crippen LogP contribution in [0.15, 0.2) is 84.0 Å². The van der Waals surface area contributed by atoms with Crippen molar-refractivity contribution in [3.63, 3.8) is 0 Å². The van der Waals surface area contributed by atoms with Crippen LogP contribution in [-0.4, -0.2) is 29.8 Å². The molecule has 1 aliphatic heterocycles. The maximum Gasteiger partial charge on any atom is 0.281 e. The second-order valence-corrected chi connectivity index (χ2v) is 9.41. The average Bonchev–Trinajstić information content (AvgIpc) is 2.83. The van der Waals surface area contributed by atoms with Crippen molar-refractivity contribution in [3.8, 4) is 0 Å². The molecule has 0 radical (unpaired) electrons. The molecule has 3 aromatic carbocycles. The number of likely N-dealkylation sites (N-methyl/N-ethyl adjacent to an activating group) is 1. The highest BCUT2D eigenvalue weighted by Crippen LogP contribution is 2.39. The van der Waals surface area contributed by atoms with Gasteiger partial charge >= 0.3 is 0 Å².